The Bertz CT molecular complexity index is 933. The second-order valence-corrected chi connectivity index (χ2v) is 5.91. The maximum absolute atomic E-state index is 12.4. The number of amides is 1. The zero-order valence-corrected chi connectivity index (χ0v) is 14.0. The van der Waals surface area contributed by atoms with E-state index < -0.39 is 0 Å². The average molecular weight is 364 g/mol. The van der Waals surface area contributed by atoms with Gasteiger partial charge in [-0.1, -0.05) is 35.3 Å². The molecule has 0 fully saturated rings. The van der Waals surface area contributed by atoms with E-state index in [2.05, 4.69) is 10.3 Å². The van der Waals surface area contributed by atoms with Crippen molar-refractivity contribution in [1.82, 2.24) is 9.55 Å². The molecule has 4 nitrogen and oxygen atoms in total. The Balaban J connectivity index is 1.89. The molecular weight excluding hydrogens is 353 g/mol. The number of aromatic nitrogens is 2. The van der Waals surface area contributed by atoms with Crippen LogP contribution in [0.3, 0.4) is 0 Å². The number of halogens is 2. The molecule has 0 saturated carbocycles. The summed E-state index contributed by atoms with van der Waals surface area (Å²) in [7, 11) is 0. The summed E-state index contributed by atoms with van der Waals surface area (Å²) in [6.07, 6.45) is 3.57. The molecule has 0 bridgehead atoms. The molecule has 2 N–H and O–H groups in total. The third-order valence-electron chi connectivity index (χ3n) is 3.23. The van der Waals surface area contributed by atoms with Gasteiger partial charge in [-0.3, -0.25) is 9.36 Å². The van der Waals surface area contributed by atoms with E-state index in [4.69, 9.17) is 35.4 Å². The van der Waals surface area contributed by atoms with E-state index in [-0.39, 0.29) is 10.9 Å². The molecule has 2 aromatic carbocycles. The Hall–Kier alpha value is -2.08. The number of H-pyrrole nitrogens is 1. The second kappa shape index (κ2) is 6.58. The van der Waals surface area contributed by atoms with Crippen LogP contribution in [-0.2, 0) is 0 Å². The molecule has 0 aliphatic carbocycles. The lowest BCUT2D eigenvalue weighted by Gasteiger charge is -2.09. The van der Waals surface area contributed by atoms with E-state index in [1.165, 1.54) is 0 Å². The monoisotopic (exact) mass is 363 g/mol. The lowest BCUT2D eigenvalue weighted by atomic mass is 10.2. The van der Waals surface area contributed by atoms with Crippen LogP contribution in [0.4, 0.5) is 5.69 Å². The first kappa shape index (κ1) is 15.8. The normalized spacial score (nSPS) is 10.5. The minimum atomic E-state index is -0.327. The van der Waals surface area contributed by atoms with Crippen molar-refractivity contribution >= 4 is 47.0 Å². The summed E-state index contributed by atoms with van der Waals surface area (Å²) >= 11 is 17.2. The van der Waals surface area contributed by atoms with E-state index in [9.17, 15) is 4.79 Å². The first-order chi connectivity index (χ1) is 11.1. The lowest BCUT2D eigenvalue weighted by Crippen LogP contribution is -2.12. The first-order valence-corrected chi connectivity index (χ1v) is 7.84. The number of hydrogen-bond acceptors (Lipinski definition) is 2. The summed E-state index contributed by atoms with van der Waals surface area (Å²) in [5.41, 5.74) is 1.79. The zero-order chi connectivity index (χ0) is 16.4. The fraction of sp³-hybridized carbons (Fsp3) is 0. The summed E-state index contributed by atoms with van der Waals surface area (Å²) in [4.78, 5) is 15.3. The minimum Gasteiger partial charge on any atom is -0.337 e. The van der Waals surface area contributed by atoms with Crippen LogP contribution >= 0.6 is 35.4 Å². The van der Waals surface area contributed by atoms with Gasteiger partial charge in [0, 0.05) is 23.8 Å². The van der Waals surface area contributed by atoms with Crippen molar-refractivity contribution < 1.29 is 4.79 Å². The summed E-state index contributed by atoms with van der Waals surface area (Å²) in [6, 6.07) is 12.3. The molecule has 3 rings (SSSR count). The van der Waals surface area contributed by atoms with Gasteiger partial charge >= 0.3 is 0 Å². The zero-order valence-electron chi connectivity index (χ0n) is 11.7. The highest BCUT2D eigenvalue weighted by atomic mass is 35.5. The fourth-order valence-electron chi connectivity index (χ4n) is 2.13. The summed E-state index contributed by atoms with van der Waals surface area (Å²) in [5, 5.41) is 3.38. The highest BCUT2D eigenvalue weighted by Gasteiger charge is 2.13. The standard InChI is InChI=1S/C16H11Cl2N3OS/c17-13-6-2-5-12(14(13)18)15(22)20-10-3-1-4-11(9-10)21-8-7-19-16(21)23/h1-9H,(H,19,23)(H,20,22). The molecule has 0 aliphatic rings. The Morgan fingerprint density at radius 1 is 1.17 bits per heavy atom. The van der Waals surface area contributed by atoms with E-state index >= 15 is 0 Å². The molecular formula is C16H11Cl2N3OS. The van der Waals surface area contributed by atoms with Gasteiger partial charge in [0.2, 0.25) is 0 Å². The number of nitrogens with zero attached hydrogens (tertiary/aromatic N) is 1. The predicted molar refractivity (Wildman–Crippen MR) is 95.4 cm³/mol. The second-order valence-electron chi connectivity index (χ2n) is 4.74. The van der Waals surface area contributed by atoms with Crippen molar-refractivity contribution in [3.8, 4) is 5.69 Å². The first-order valence-electron chi connectivity index (χ1n) is 6.68. The van der Waals surface area contributed by atoms with Crippen molar-refractivity contribution in [2.45, 2.75) is 0 Å². The number of carbonyl (C=O) groups excluding carboxylic acids is 1. The van der Waals surface area contributed by atoms with E-state index in [1.807, 2.05) is 24.4 Å². The maximum atomic E-state index is 12.4. The van der Waals surface area contributed by atoms with Crippen molar-refractivity contribution in [2.24, 2.45) is 0 Å². The molecule has 116 valence electrons. The van der Waals surface area contributed by atoms with Crippen LogP contribution < -0.4 is 5.32 Å². The van der Waals surface area contributed by atoms with Crippen molar-refractivity contribution in [1.29, 1.82) is 0 Å². The Labute approximate surface area is 147 Å². The summed E-state index contributed by atoms with van der Waals surface area (Å²) < 4.78 is 2.38. The van der Waals surface area contributed by atoms with Crippen molar-refractivity contribution in [3.63, 3.8) is 0 Å². The van der Waals surface area contributed by atoms with Gasteiger partial charge in [-0.25, -0.2) is 0 Å². The highest BCUT2D eigenvalue weighted by molar-refractivity contribution is 7.71. The number of imidazole rings is 1. The van der Waals surface area contributed by atoms with Gasteiger partial charge in [0.25, 0.3) is 5.91 Å². The molecule has 0 radical (unpaired) electrons. The molecule has 0 unspecified atom stereocenters. The van der Waals surface area contributed by atoms with Crippen LogP contribution in [-0.4, -0.2) is 15.5 Å². The van der Waals surface area contributed by atoms with Crippen LogP contribution in [0.25, 0.3) is 5.69 Å². The molecule has 0 aliphatic heterocycles. The molecule has 0 spiro atoms. The number of anilines is 1. The molecule has 3 aromatic rings. The lowest BCUT2D eigenvalue weighted by molar-refractivity contribution is 0.102. The summed E-state index contributed by atoms with van der Waals surface area (Å²) in [5.74, 6) is -0.327. The van der Waals surface area contributed by atoms with Gasteiger partial charge < -0.3 is 10.3 Å². The average Bonchev–Trinajstić information content (AvgIpc) is 2.96. The highest BCUT2D eigenvalue weighted by Crippen LogP contribution is 2.26. The molecule has 23 heavy (non-hydrogen) atoms. The van der Waals surface area contributed by atoms with E-state index in [1.54, 1.807) is 35.0 Å². The molecule has 0 atom stereocenters. The van der Waals surface area contributed by atoms with Gasteiger partial charge in [-0.2, -0.15) is 0 Å². The molecule has 7 heteroatoms. The SMILES string of the molecule is O=C(Nc1cccc(-n2cc[nH]c2=S)c1)c1cccc(Cl)c1Cl. The Kier molecular flexibility index (Phi) is 4.52. The van der Waals surface area contributed by atoms with Gasteiger partial charge in [-0.15, -0.1) is 0 Å². The van der Waals surface area contributed by atoms with E-state index in [0.29, 0.717) is 21.0 Å². The van der Waals surface area contributed by atoms with E-state index in [0.717, 1.165) is 5.69 Å². The maximum Gasteiger partial charge on any atom is 0.257 e. The van der Waals surface area contributed by atoms with Crippen molar-refractivity contribution in [3.05, 3.63) is 75.2 Å². The van der Waals surface area contributed by atoms with Crippen LogP contribution in [0.5, 0.6) is 0 Å². The van der Waals surface area contributed by atoms with Crippen LogP contribution in [0.1, 0.15) is 10.4 Å². The Morgan fingerprint density at radius 3 is 2.70 bits per heavy atom. The quantitative estimate of drug-likeness (QED) is 0.636. The van der Waals surface area contributed by atoms with Gasteiger partial charge in [0.05, 0.1) is 15.6 Å². The third kappa shape index (κ3) is 3.32. The van der Waals surface area contributed by atoms with Gasteiger partial charge in [0.15, 0.2) is 4.77 Å². The summed E-state index contributed by atoms with van der Waals surface area (Å²) in [6.45, 7) is 0. The third-order valence-corrected chi connectivity index (χ3v) is 4.36. The fourth-order valence-corrected chi connectivity index (χ4v) is 2.76. The number of rotatable bonds is 3. The number of carbonyl (C=O) groups is 1. The van der Waals surface area contributed by atoms with Crippen LogP contribution in [0.15, 0.2) is 54.9 Å². The largest absolute Gasteiger partial charge is 0.337 e. The number of nitrogens with one attached hydrogen (secondary N) is 2. The van der Waals surface area contributed by atoms with Gasteiger partial charge in [0.1, 0.15) is 0 Å². The predicted octanol–water partition coefficient (Wildman–Crippen LogP) is 5.09. The van der Waals surface area contributed by atoms with Crippen LogP contribution in [0, 0.1) is 4.77 Å². The number of benzene rings is 2. The number of aromatic amines is 1. The molecule has 0 saturated heterocycles. The number of hydrogen-bond donors (Lipinski definition) is 2. The molecule has 1 amide bonds. The Morgan fingerprint density at radius 2 is 1.96 bits per heavy atom. The smallest absolute Gasteiger partial charge is 0.257 e. The topological polar surface area (TPSA) is 49.8 Å². The van der Waals surface area contributed by atoms with Crippen LogP contribution in [0.2, 0.25) is 10.0 Å². The van der Waals surface area contributed by atoms with Gasteiger partial charge in [-0.05, 0) is 42.5 Å². The minimum absolute atomic E-state index is 0.232. The molecule has 1 aromatic heterocycles. The molecule has 1 heterocycles. The van der Waals surface area contributed by atoms with Crippen molar-refractivity contribution in [2.75, 3.05) is 5.32 Å².